The third-order valence-electron chi connectivity index (χ3n) is 2.70. The number of carbonyl (C=O) groups excluding carboxylic acids is 1. The van der Waals surface area contributed by atoms with Gasteiger partial charge in [-0.3, -0.25) is 9.59 Å². The van der Waals surface area contributed by atoms with Crippen molar-refractivity contribution in [3.8, 4) is 5.88 Å². The van der Waals surface area contributed by atoms with E-state index in [1.807, 2.05) is 6.92 Å². The second-order valence-electron chi connectivity index (χ2n) is 4.09. The third-order valence-corrected chi connectivity index (χ3v) is 2.70. The summed E-state index contributed by atoms with van der Waals surface area (Å²) in [5.74, 6) is -1.63. The second kappa shape index (κ2) is 7.35. The Hall–Kier alpha value is -2.11. The van der Waals surface area contributed by atoms with E-state index in [0.717, 1.165) is 6.42 Å². The highest BCUT2D eigenvalue weighted by molar-refractivity contribution is 5.96. The first-order chi connectivity index (χ1) is 9.10. The first-order valence-electron chi connectivity index (χ1n) is 6.10. The fourth-order valence-corrected chi connectivity index (χ4v) is 1.70. The van der Waals surface area contributed by atoms with Crippen molar-refractivity contribution in [1.82, 2.24) is 10.3 Å². The van der Waals surface area contributed by atoms with Gasteiger partial charge >= 0.3 is 5.97 Å². The highest BCUT2D eigenvalue weighted by atomic mass is 16.5. The number of hydrogen-bond acceptors (Lipinski definition) is 4. The van der Waals surface area contributed by atoms with E-state index in [9.17, 15) is 9.59 Å². The number of amides is 1. The van der Waals surface area contributed by atoms with Crippen LogP contribution in [0.5, 0.6) is 5.88 Å². The molecule has 1 unspecified atom stereocenters. The van der Waals surface area contributed by atoms with E-state index in [4.69, 9.17) is 9.84 Å². The molecule has 1 rings (SSSR count). The summed E-state index contributed by atoms with van der Waals surface area (Å²) >= 11 is 0. The number of carboxylic acids is 1. The van der Waals surface area contributed by atoms with Crippen LogP contribution < -0.4 is 10.1 Å². The number of aromatic nitrogens is 1. The van der Waals surface area contributed by atoms with Gasteiger partial charge in [-0.05, 0) is 18.6 Å². The minimum atomic E-state index is -0.902. The van der Waals surface area contributed by atoms with Crippen molar-refractivity contribution in [3.63, 3.8) is 0 Å². The maximum atomic E-state index is 11.9. The van der Waals surface area contributed by atoms with Gasteiger partial charge in [-0.15, -0.1) is 0 Å². The number of hydrogen-bond donors (Lipinski definition) is 2. The van der Waals surface area contributed by atoms with Crippen LogP contribution in [0.2, 0.25) is 0 Å². The lowest BCUT2D eigenvalue weighted by Crippen LogP contribution is -2.33. The number of methoxy groups -OCH3 is 1. The predicted molar refractivity (Wildman–Crippen MR) is 69.2 cm³/mol. The molecule has 2 N–H and O–H groups in total. The lowest BCUT2D eigenvalue weighted by molar-refractivity contribution is -0.141. The van der Waals surface area contributed by atoms with Gasteiger partial charge in [-0.1, -0.05) is 13.3 Å². The number of carboxylic acid groups (broad SMARTS) is 1. The molecule has 1 atom stereocenters. The van der Waals surface area contributed by atoms with Crippen molar-refractivity contribution < 1.29 is 19.4 Å². The Morgan fingerprint density at radius 1 is 1.53 bits per heavy atom. The summed E-state index contributed by atoms with van der Waals surface area (Å²) < 4.78 is 4.98. The molecule has 0 aliphatic heterocycles. The monoisotopic (exact) mass is 266 g/mol. The molecule has 0 aliphatic carbocycles. The summed E-state index contributed by atoms with van der Waals surface area (Å²) in [5, 5.41) is 11.6. The van der Waals surface area contributed by atoms with Gasteiger partial charge in [0.25, 0.3) is 5.91 Å². The average molecular weight is 266 g/mol. The molecule has 1 heterocycles. The molecule has 0 fully saturated rings. The Labute approximate surface area is 111 Å². The van der Waals surface area contributed by atoms with Crippen molar-refractivity contribution in [1.29, 1.82) is 0 Å². The Bertz CT molecular complexity index is 448. The molecule has 0 saturated carbocycles. The molecular formula is C13H18N2O4. The minimum absolute atomic E-state index is 0.0973. The Balaban J connectivity index is 2.66. The van der Waals surface area contributed by atoms with Crippen LogP contribution in [-0.2, 0) is 4.79 Å². The van der Waals surface area contributed by atoms with Crippen LogP contribution in [0.4, 0.5) is 0 Å². The largest absolute Gasteiger partial charge is 0.481 e. The van der Waals surface area contributed by atoms with E-state index in [1.54, 1.807) is 12.1 Å². The summed E-state index contributed by atoms with van der Waals surface area (Å²) in [6, 6.07) is 3.20. The van der Waals surface area contributed by atoms with Crippen LogP contribution in [0.1, 0.15) is 30.1 Å². The molecule has 1 amide bonds. The van der Waals surface area contributed by atoms with Gasteiger partial charge in [0.05, 0.1) is 13.0 Å². The number of ether oxygens (including phenoxy) is 1. The molecule has 0 aromatic carbocycles. The van der Waals surface area contributed by atoms with Crippen molar-refractivity contribution in [2.45, 2.75) is 19.8 Å². The Kier molecular flexibility index (Phi) is 5.78. The molecule has 6 nitrogen and oxygen atoms in total. The molecule has 0 saturated heterocycles. The lowest BCUT2D eigenvalue weighted by atomic mass is 10.0. The lowest BCUT2D eigenvalue weighted by Gasteiger charge is -2.13. The predicted octanol–water partition coefficient (Wildman–Crippen LogP) is 1.32. The van der Waals surface area contributed by atoms with E-state index in [0.29, 0.717) is 12.0 Å². The number of nitrogens with one attached hydrogen (secondary N) is 1. The number of nitrogens with zero attached hydrogens (tertiary/aromatic N) is 1. The molecule has 0 spiro atoms. The molecule has 0 radical (unpaired) electrons. The zero-order valence-electron chi connectivity index (χ0n) is 11.0. The summed E-state index contributed by atoms with van der Waals surface area (Å²) in [6.45, 7) is 2.00. The Morgan fingerprint density at radius 2 is 2.26 bits per heavy atom. The summed E-state index contributed by atoms with van der Waals surface area (Å²) in [4.78, 5) is 26.8. The minimum Gasteiger partial charge on any atom is -0.481 e. The molecule has 1 aromatic heterocycles. The van der Waals surface area contributed by atoms with Gasteiger partial charge in [0.15, 0.2) is 0 Å². The smallest absolute Gasteiger partial charge is 0.308 e. The topological polar surface area (TPSA) is 88.5 Å². The van der Waals surface area contributed by atoms with E-state index in [1.165, 1.54) is 13.3 Å². The normalized spacial score (nSPS) is 11.7. The van der Waals surface area contributed by atoms with Crippen molar-refractivity contribution in [3.05, 3.63) is 23.9 Å². The van der Waals surface area contributed by atoms with Crippen LogP contribution in [0.15, 0.2) is 18.3 Å². The van der Waals surface area contributed by atoms with Gasteiger partial charge in [0, 0.05) is 12.7 Å². The quantitative estimate of drug-likeness (QED) is 0.777. The van der Waals surface area contributed by atoms with Crippen LogP contribution in [-0.4, -0.2) is 35.6 Å². The first kappa shape index (κ1) is 14.9. The number of aliphatic carboxylic acids is 1. The van der Waals surface area contributed by atoms with E-state index < -0.39 is 11.9 Å². The van der Waals surface area contributed by atoms with Gasteiger partial charge in [0.1, 0.15) is 5.56 Å². The standard InChI is InChI=1S/C13H18N2O4/c1-3-5-9(13(17)18)8-15-11(16)10-6-4-7-14-12(10)19-2/h4,6-7,9H,3,5,8H2,1-2H3,(H,15,16)(H,17,18). The second-order valence-corrected chi connectivity index (χ2v) is 4.09. The zero-order valence-corrected chi connectivity index (χ0v) is 11.0. The summed E-state index contributed by atoms with van der Waals surface area (Å²) in [5.41, 5.74) is 0.297. The van der Waals surface area contributed by atoms with Gasteiger partial charge in [-0.25, -0.2) is 4.98 Å². The van der Waals surface area contributed by atoms with E-state index in [-0.39, 0.29) is 18.3 Å². The first-order valence-corrected chi connectivity index (χ1v) is 6.10. The fourth-order valence-electron chi connectivity index (χ4n) is 1.70. The van der Waals surface area contributed by atoms with E-state index >= 15 is 0 Å². The highest BCUT2D eigenvalue weighted by Crippen LogP contribution is 2.13. The number of pyridine rings is 1. The summed E-state index contributed by atoms with van der Waals surface area (Å²) in [7, 11) is 1.43. The maximum absolute atomic E-state index is 11.9. The van der Waals surface area contributed by atoms with Crippen LogP contribution >= 0.6 is 0 Å². The number of carbonyl (C=O) groups is 2. The highest BCUT2D eigenvalue weighted by Gasteiger charge is 2.19. The SMILES string of the molecule is CCCC(CNC(=O)c1cccnc1OC)C(=O)O. The van der Waals surface area contributed by atoms with Crippen molar-refractivity contribution in [2.75, 3.05) is 13.7 Å². The molecule has 1 aromatic rings. The summed E-state index contributed by atoms with van der Waals surface area (Å²) in [6.07, 6.45) is 2.80. The Morgan fingerprint density at radius 3 is 2.84 bits per heavy atom. The van der Waals surface area contributed by atoms with Crippen LogP contribution in [0, 0.1) is 5.92 Å². The van der Waals surface area contributed by atoms with Crippen molar-refractivity contribution in [2.24, 2.45) is 5.92 Å². The third kappa shape index (κ3) is 4.24. The van der Waals surface area contributed by atoms with Crippen LogP contribution in [0.3, 0.4) is 0 Å². The van der Waals surface area contributed by atoms with Crippen molar-refractivity contribution >= 4 is 11.9 Å². The molecule has 0 aliphatic rings. The average Bonchev–Trinajstić information content (AvgIpc) is 2.42. The zero-order chi connectivity index (χ0) is 14.3. The number of rotatable bonds is 7. The molecule has 19 heavy (non-hydrogen) atoms. The maximum Gasteiger partial charge on any atom is 0.308 e. The fraction of sp³-hybridized carbons (Fsp3) is 0.462. The van der Waals surface area contributed by atoms with Crippen LogP contribution in [0.25, 0.3) is 0 Å². The van der Waals surface area contributed by atoms with E-state index in [2.05, 4.69) is 10.3 Å². The molecule has 104 valence electrons. The molecular weight excluding hydrogens is 248 g/mol. The van der Waals surface area contributed by atoms with Gasteiger partial charge in [0.2, 0.25) is 5.88 Å². The molecule has 0 bridgehead atoms. The van der Waals surface area contributed by atoms with Gasteiger partial charge in [-0.2, -0.15) is 0 Å². The van der Waals surface area contributed by atoms with Gasteiger partial charge < -0.3 is 15.2 Å². The molecule has 6 heteroatoms.